The number of carbonyl (C=O) groups is 1. The van der Waals surface area contributed by atoms with Crippen LogP contribution in [0.3, 0.4) is 0 Å². The number of pyridine rings is 1. The molecule has 0 spiro atoms. The fraction of sp³-hybridized carbons (Fsp3) is 0.600. The van der Waals surface area contributed by atoms with Gasteiger partial charge in [0.25, 0.3) is 5.91 Å². The van der Waals surface area contributed by atoms with Gasteiger partial charge < -0.3 is 15.4 Å². The molecule has 0 atom stereocenters. The van der Waals surface area contributed by atoms with Gasteiger partial charge in [-0.1, -0.05) is 6.92 Å². The van der Waals surface area contributed by atoms with Crippen molar-refractivity contribution in [3.05, 3.63) is 23.9 Å². The summed E-state index contributed by atoms with van der Waals surface area (Å²) >= 11 is 0. The molecule has 2 rings (SSSR count). The van der Waals surface area contributed by atoms with E-state index in [1.165, 1.54) is 0 Å². The minimum atomic E-state index is -0.0507. The van der Waals surface area contributed by atoms with E-state index < -0.39 is 0 Å². The zero-order valence-electron chi connectivity index (χ0n) is 12.6. The summed E-state index contributed by atoms with van der Waals surface area (Å²) in [5.74, 6) is 0.697. The summed E-state index contributed by atoms with van der Waals surface area (Å²) in [5, 5.41) is 6.14. The van der Waals surface area contributed by atoms with Gasteiger partial charge in [0.2, 0.25) is 0 Å². The normalized spacial score (nSPS) is 15.7. The van der Waals surface area contributed by atoms with E-state index >= 15 is 0 Å². The van der Waals surface area contributed by atoms with Crippen LogP contribution in [0.1, 0.15) is 23.7 Å². The van der Waals surface area contributed by atoms with Crippen molar-refractivity contribution in [2.75, 3.05) is 51.3 Å². The second kappa shape index (κ2) is 8.59. The molecule has 2 N–H and O–H groups in total. The first kappa shape index (κ1) is 15.7. The van der Waals surface area contributed by atoms with Crippen molar-refractivity contribution in [2.24, 2.45) is 0 Å². The van der Waals surface area contributed by atoms with Crippen LogP contribution in [-0.2, 0) is 4.74 Å². The van der Waals surface area contributed by atoms with Gasteiger partial charge in [-0.2, -0.15) is 0 Å². The monoisotopic (exact) mass is 292 g/mol. The Morgan fingerprint density at radius 2 is 2.19 bits per heavy atom. The standard InChI is InChI=1S/C15H24N4O2/c1-2-4-16-14-12-13(3-5-17-14)15(20)18-6-7-19-8-10-21-11-9-19/h3,5,12H,2,4,6-11H2,1H3,(H,16,17)(H,18,20). The molecule has 6 nitrogen and oxygen atoms in total. The Morgan fingerprint density at radius 1 is 1.38 bits per heavy atom. The number of morpholine rings is 1. The average Bonchev–Trinajstić information content (AvgIpc) is 2.54. The molecule has 1 aromatic rings. The second-order valence-corrected chi connectivity index (χ2v) is 5.07. The molecule has 0 saturated carbocycles. The summed E-state index contributed by atoms with van der Waals surface area (Å²) in [4.78, 5) is 18.6. The van der Waals surface area contributed by atoms with Crippen LogP contribution in [0.15, 0.2) is 18.3 Å². The first-order chi connectivity index (χ1) is 10.3. The smallest absolute Gasteiger partial charge is 0.251 e. The van der Waals surface area contributed by atoms with Crippen LogP contribution in [0.5, 0.6) is 0 Å². The summed E-state index contributed by atoms with van der Waals surface area (Å²) in [5.41, 5.74) is 0.644. The van der Waals surface area contributed by atoms with E-state index in [9.17, 15) is 4.79 Å². The Kier molecular flexibility index (Phi) is 6.43. The number of amides is 1. The fourth-order valence-corrected chi connectivity index (χ4v) is 2.18. The van der Waals surface area contributed by atoms with E-state index in [1.54, 1.807) is 18.3 Å². The van der Waals surface area contributed by atoms with Crippen LogP contribution < -0.4 is 10.6 Å². The van der Waals surface area contributed by atoms with Crippen molar-refractivity contribution in [3.63, 3.8) is 0 Å². The van der Waals surface area contributed by atoms with Crippen LogP contribution >= 0.6 is 0 Å². The van der Waals surface area contributed by atoms with Gasteiger partial charge in [-0.25, -0.2) is 4.98 Å². The molecule has 1 saturated heterocycles. The van der Waals surface area contributed by atoms with Crippen molar-refractivity contribution >= 4 is 11.7 Å². The number of hydrogen-bond donors (Lipinski definition) is 2. The van der Waals surface area contributed by atoms with Crippen LogP contribution in [0.25, 0.3) is 0 Å². The molecule has 0 bridgehead atoms. The molecular formula is C15H24N4O2. The minimum Gasteiger partial charge on any atom is -0.379 e. The third-order valence-corrected chi connectivity index (χ3v) is 3.40. The summed E-state index contributed by atoms with van der Waals surface area (Å²) in [7, 11) is 0. The van der Waals surface area contributed by atoms with Gasteiger partial charge in [-0.05, 0) is 18.6 Å². The van der Waals surface area contributed by atoms with Crippen molar-refractivity contribution in [1.29, 1.82) is 0 Å². The molecule has 1 aliphatic heterocycles. The zero-order valence-corrected chi connectivity index (χ0v) is 12.6. The predicted octanol–water partition coefficient (Wildman–Crippen LogP) is 0.966. The molecule has 0 radical (unpaired) electrons. The zero-order chi connectivity index (χ0) is 14.9. The number of hydrogen-bond acceptors (Lipinski definition) is 5. The Balaban J connectivity index is 1.76. The average molecular weight is 292 g/mol. The van der Waals surface area contributed by atoms with Gasteiger partial charge in [0.15, 0.2) is 0 Å². The Hall–Kier alpha value is -1.66. The molecule has 116 valence electrons. The minimum absolute atomic E-state index is 0.0507. The number of rotatable bonds is 7. The van der Waals surface area contributed by atoms with Crippen molar-refractivity contribution in [2.45, 2.75) is 13.3 Å². The lowest BCUT2D eigenvalue weighted by atomic mass is 10.2. The summed E-state index contributed by atoms with van der Waals surface area (Å²) in [6.07, 6.45) is 2.69. The first-order valence-corrected chi connectivity index (χ1v) is 7.58. The van der Waals surface area contributed by atoms with Crippen molar-refractivity contribution < 1.29 is 9.53 Å². The fourth-order valence-electron chi connectivity index (χ4n) is 2.18. The maximum atomic E-state index is 12.1. The van der Waals surface area contributed by atoms with Crippen LogP contribution in [0.2, 0.25) is 0 Å². The highest BCUT2D eigenvalue weighted by Gasteiger charge is 2.11. The lowest BCUT2D eigenvalue weighted by Gasteiger charge is -2.26. The molecule has 0 aromatic carbocycles. The molecule has 21 heavy (non-hydrogen) atoms. The van der Waals surface area contributed by atoms with Crippen molar-refractivity contribution in [3.8, 4) is 0 Å². The number of nitrogens with one attached hydrogen (secondary N) is 2. The Labute approximate surface area is 125 Å². The lowest BCUT2D eigenvalue weighted by molar-refractivity contribution is 0.0383. The van der Waals surface area contributed by atoms with E-state index in [0.29, 0.717) is 12.1 Å². The number of carbonyl (C=O) groups excluding carboxylic acids is 1. The van der Waals surface area contributed by atoms with Gasteiger partial charge >= 0.3 is 0 Å². The Bertz CT molecular complexity index is 447. The first-order valence-electron chi connectivity index (χ1n) is 7.58. The van der Waals surface area contributed by atoms with E-state index in [0.717, 1.165) is 51.6 Å². The number of nitrogens with zero attached hydrogens (tertiary/aromatic N) is 2. The Morgan fingerprint density at radius 3 is 2.95 bits per heavy atom. The molecule has 2 heterocycles. The lowest BCUT2D eigenvalue weighted by Crippen LogP contribution is -2.41. The number of aromatic nitrogens is 1. The highest BCUT2D eigenvalue weighted by molar-refractivity contribution is 5.94. The van der Waals surface area contributed by atoms with Crippen LogP contribution in [0, 0.1) is 0 Å². The van der Waals surface area contributed by atoms with E-state index in [1.807, 2.05) is 0 Å². The highest BCUT2D eigenvalue weighted by Crippen LogP contribution is 2.06. The quantitative estimate of drug-likeness (QED) is 0.784. The van der Waals surface area contributed by atoms with Crippen LogP contribution in [0.4, 0.5) is 5.82 Å². The summed E-state index contributed by atoms with van der Waals surface area (Å²) in [6, 6.07) is 3.53. The highest BCUT2D eigenvalue weighted by atomic mass is 16.5. The van der Waals surface area contributed by atoms with Crippen molar-refractivity contribution in [1.82, 2.24) is 15.2 Å². The molecule has 1 fully saturated rings. The van der Waals surface area contributed by atoms with Gasteiger partial charge in [0.05, 0.1) is 13.2 Å². The van der Waals surface area contributed by atoms with E-state index in [2.05, 4.69) is 27.4 Å². The van der Waals surface area contributed by atoms with Gasteiger partial charge in [0, 0.05) is 44.5 Å². The maximum Gasteiger partial charge on any atom is 0.251 e. The molecule has 0 aliphatic carbocycles. The SMILES string of the molecule is CCCNc1cc(C(=O)NCCN2CCOCC2)ccn1. The van der Waals surface area contributed by atoms with Gasteiger partial charge in [-0.15, -0.1) is 0 Å². The second-order valence-electron chi connectivity index (χ2n) is 5.07. The molecule has 1 amide bonds. The third kappa shape index (κ3) is 5.32. The largest absolute Gasteiger partial charge is 0.379 e. The number of anilines is 1. The van der Waals surface area contributed by atoms with E-state index in [-0.39, 0.29) is 5.91 Å². The molecule has 0 unspecified atom stereocenters. The summed E-state index contributed by atoms with van der Waals surface area (Å²) < 4.78 is 5.30. The van der Waals surface area contributed by atoms with Crippen LogP contribution in [-0.4, -0.2) is 61.7 Å². The van der Waals surface area contributed by atoms with Gasteiger partial charge in [0.1, 0.15) is 5.82 Å². The predicted molar refractivity (Wildman–Crippen MR) is 82.6 cm³/mol. The maximum absolute atomic E-state index is 12.1. The third-order valence-electron chi connectivity index (χ3n) is 3.40. The molecule has 6 heteroatoms. The molecular weight excluding hydrogens is 268 g/mol. The number of ether oxygens (including phenoxy) is 1. The molecule has 1 aromatic heterocycles. The molecule has 1 aliphatic rings. The van der Waals surface area contributed by atoms with Gasteiger partial charge in [-0.3, -0.25) is 9.69 Å². The summed E-state index contributed by atoms with van der Waals surface area (Å²) in [6.45, 7) is 7.91. The van der Waals surface area contributed by atoms with E-state index in [4.69, 9.17) is 4.74 Å². The topological polar surface area (TPSA) is 66.5 Å².